The summed E-state index contributed by atoms with van der Waals surface area (Å²) >= 11 is 0. The summed E-state index contributed by atoms with van der Waals surface area (Å²) in [6, 6.07) is 10.4. The zero-order chi connectivity index (χ0) is 32.7. The summed E-state index contributed by atoms with van der Waals surface area (Å²) < 4.78 is 120. The molecule has 8 nitrogen and oxygen atoms in total. The molecule has 0 bridgehead atoms. The van der Waals surface area contributed by atoms with E-state index >= 15 is 0 Å². The molecule has 2 aliphatic heterocycles. The number of anilines is 2. The number of nitrogens with zero attached hydrogens (tertiary/aromatic N) is 2. The molecule has 0 amide bonds. The monoisotopic (exact) mass is 658 g/mol. The van der Waals surface area contributed by atoms with Gasteiger partial charge >= 0.3 is 18.8 Å². The molecule has 2 atom stereocenters. The Morgan fingerprint density at radius 3 is 2.51 bits per heavy atom. The summed E-state index contributed by atoms with van der Waals surface area (Å²) in [6.45, 7) is -1.30. The second kappa shape index (κ2) is 12.1. The number of rotatable bonds is 9. The lowest BCUT2D eigenvalue weighted by atomic mass is 9.85. The van der Waals surface area contributed by atoms with Crippen molar-refractivity contribution >= 4 is 27.4 Å². The van der Waals surface area contributed by atoms with Gasteiger partial charge in [0.05, 0.1) is 53.0 Å². The highest BCUT2D eigenvalue weighted by molar-refractivity contribution is 7.92. The highest BCUT2D eigenvalue weighted by Gasteiger charge is 2.45. The van der Waals surface area contributed by atoms with Crippen LogP contribution in [0.25, 0.3) is 11.1 Å². The molecule has 0 unspecified atom stereocenters. The minimum atomic E-state index is -4.80. The van der Waals surface area contributed by atoms with E-state index in [1.54, 1.807) is 19.1 Å². The van der Waals surface area contributed by atoms with Crippen LogP contribution in [-0.2, 0) is 25.7 Å². The molecule has 3 aromatic rings. The van der Waals surface area contributed by atoms with Gasteiger partial charge in [-0.25, -0.2) is 12.8 Å². The molecule has 3 aromatic carbocycles. The van der Waals surface area contributed by atoms with Crippen LogP contribution in [0.1, 0.15) is 31.7 Å². The van der Waals surface area contributed by atoms with Crippen LogP contribution in [-0.4, -0.2) is 57.4 Å². The lowest BCUT2D eigenvalue weighted by molar-refractivity contribution is -0.140. The van der Waals surface area contributed by atoms with Gasteiger partial charge in [0.2, 0.25) is 0 Å². The van der Waals surface area contributed by atoms with E-state index in [0.29, 0.717) is 24.7 Å². The molecule has 0 radical (unpaired) electrons. The third-order valence-electron chi connectivity index (χ3n) is 7.87. The molecule has 45 heavy (non-hydrogen) atoms. The smallest absolute Gasteiger partial charge is 0.416 e. The summed E-state index contributed by atoms with van der Waals surface area (Å²) in [4.78, 5) is 12.3. The number of aliphatic carboxylic acids is 1. The number of carboxylic acid groups (broad SMARTS) is 1. The van der Waals surface area contributed by atoms with E-state index in [1.165, 1.54) is 6.07 Å². The first-order chi connectivity index (χ1) is 21.1. The van der Waals surface area contributed by atoms with Crippen LogP contribution in [0.5, 0.6) is 5.75 Å². The van der Waals surface area contributed by atoms with Crippen molar-refractivity contribution in [1.29, 1.82) is 0 Å². The first kappa shape index (κ1) is 32.4. The Kier molecular flexibility index (Phi) is 8.70. The summed E-state index contributed by atoms with van der Waals surface area (Å²) in [6.07, 6.45) is -4.29. The average molecular weight is 659 g/mol. The molecule has 2 aliphatic rings. The molecule has 1 N–H and O–H groups in total. The van der Waals surface area contributed by atoms with Gasteiger partial charge in [-0.1, -0.05) is 12.1 Å². The fourth-order valence-corrected chi connectivity index (χ4v) is 7.32. The van der Waals surface area contributed by atoms with Crippen LogP contribution >= 0.6 is 0 Å². The number of halogens is 6. The number of ether oxygens (including phenoxy) is 2. The fraction of sp³-hybridized carbons (Fsp3) is 0.367. The van der Waals surface area contributed by atoms with Crippen LogP contribution in [0.2, 0.25) is 0 Å². The van der Waals surface area contributed by atoms with Gasteiger partial charge in [-0.3, -0.25) is 9.10 Å². The van der Waals surface area contributed by atoms with Crippen molar-refractivity contribution in [2.24, 2.45) is 0 Å². The Morgan fingerprint density at radius 1 is 1.07 bits per heavy atom. The number of carbonyl (C=O) groups is 1. The van der Waals surface area contributed by atoms with Gasteiger partial charge in [-0.05, 0) is 73.4 Å². The Balaban J connectivity index is 1.59. The Hall–Kier alpha value is -3.98. The number of hydrogen-bond acceptors (Lipinski definition) is 6. The molecule has 0 aromatic heterocycles. The van der Waals surface area contributed by atoms with E-state index in [0.717, 1.165) is 40.7 Å². The molecule has 0 aliphatic carbocycles. The van der Waals surface area contributed by atoms with Gasteiger partial charge in [0.25, 0.3) is 10.0 Å². The van der Waals surface area contributed by atoms with E-state index in [-0.39, 0.29) is 42.8 Å². The number of fused-ring (bicyclic) bond motifs is 3. The molecular weight excluding hydrogens is 630 g/mol. The Labute approximate surface area is 254 Å². The maximum atomic E-state index is 14.4. The van der Waals surface area contributed by atoms with E-state index < -0.39 is 62.4 Å². The molecule has 1 saturated heterocycles. The zero-order valence-electron chi connectivity index (χ0n) is 23.7. The molecule has 0 spiro atoms. The largest absolute Gasteiger partial charge is 0.481 e. The van der Waals surface area contributed by atoms with E-state index in [1.807, 2.05) is 4.90 Å². The fourth-order valence-electron chi connectivity index (χ4n) is 5.77. The van der Waals surface area contributed by atoms with Crippen molar-refractivity contribution in [3.8, 4) is 16.9 Å². The molecule has 242 valence electrons. The summed E-state index contributed by atoms with van der Waals surface area (Å²) in [7, 11) is -4.62. The Bertz CT molecular complexity index is 1700. The number of piperidine rings is 1. The topological polar surface area (TPSA) is 96.4 Å². The van der Waals surface area contributed by atoms with Crippen molar-refractivity contribution in [1.82, 2.24) is 0 Å². The highest BCUT2D eigenvalue weighted by Crippen LogP contribution is 2.46. The molecule has 0 saturated carbocycles. The number of alkyl halides is 5. The van der Waals surface area contributed by atoms with Gasteiger partial charge in [-0.2, -0.15) is 22.0 Å². The van der Waals surface area contributed by atoms with E-state index in [4.69, 9.17) is 9.84 Å². The Morgan fingerprint density at radius 2 is 1.82 bits per heavy atom. The zero-order valence-corrected chi connectivity index (χ0v) is 24.5. The first-order valence-corrected chi connectivity index (χ1v) is 15.2. The lowest BCUT2D eigenvalue weighted by Crippen LogP contribution is -2.58. The number of hydrogen-bond donors (Lipinski definition) is 1. The van der Waals surface area contributed by atoms with Crippen molar-refractivity contribution < 1.29 is 54.1 Å². The molecule has 5 rings (SSSR count). The quantitative estimate of drug-likeness (QED) is 0.261. The van der Waals surface area contributed by atoms with Gasteiger partial charge in [0.1, 0.15) is 11.6 Å². The number of carboxylic acids is 1. The highest BCUT2D eigenvalue weighted by atomic mass is 32.2. The second-order valence-corrected chi connectivity index (χ2v) is 12.9. The second-order valence-electron chi connectivity index (χ2n) is 11.1. The summed E-state index contributed by atoms with van der Waals surface area (Å²) in [5.74, 6) is -2.37. The number of benzene rings is 3. The van der Waals surface area contributed by atoms with Gasteiger partial charge < -0.3 is 19.5 Å². The SMILES string of the molecule is C[C@@]1(OCCC(=O)O)CCN2c3ccc(-c4cc(F)cc(OC(F)F)c4)cc3N(S(=O)(=O)c3cccc(C(F)(F)F)c3)C[C@@H]2C1. The maximum Gasteiger partial charge on any atom is 0.416 e. The van der Waals surface area contributed by atoms with Crippen LogP contribution in [0.4, 0.5) is 37.7 Å². The van der Waals surface area contributed by atoms with Crippen molar-refractivity contribution in [3.05, 3.63) is 72.0 Å². The lowest BCUT2D eigenvalue weighted by Gasteiger charge is -2.51. The molecular formula is C30H28F6N2O6S. The normalized spacial score (nSPS) is 20.1. The van der Waals surface area contributed by atoms with Crippen molar-refractivity contribution in [2.45, 2.75) is 55.5 Å². The molecule has 15 heteroatoms. The summed E-state index contributed by atoms with van der Waals surface area (Å²) in [5.41, 5.74) is -1.09. The minimum absolute atomic E-state index is 0.0599. The van der Waals surface area contributed by atoms with Crippen LogP contribution in [0, 0.1) is 5.82 Å². The first-order valence-electron chi connectivity index (χ1n) is 13.8. The van der Waals surface area contributed by atoms with Crippen molar-refractivity contribution in [2.75, 3.05) is 28.9 Å². The maximum absolute atomic E-state index is 14.4. The number of sulfonamides is 1. The third kappa shape index (κ3) is 6.98. The van der Waals surface area contributed by atoms with E-state index in [9.17, 15) is 39.6 Å². The van der Waals surface area contributed by atoms with Gasteiger partial charge in [0, 0.05) is 12.6 Å². The third-order valence-corrected chi connectivity index (χ3v) is 9.64. The van der Waals surface area contributed by atoms with E-state index in [2.05, 4.69) is 4.74 Å². The van der Waals surface area contributed by atoms with Crippen LogP contribution in [0.15, 0.2) is 65.6 Å². The minimum Gasteiger partial charge on any atom is -0.481 e. The van der Waals surface area contributed by atoms with Gasteiger partial charge in [-0.15, -0.1) is 0 Å². The standard InChI is InChI=1S/C30H28F6N2O6S/c1-29(43-10-7-27(39)40)8-9-37-22(16-29)17-38(45(41,42)24-4-2-3-20(14-24)30(34,35)36)26-13-18(5-6-25(26)37)19-11-21(31)15-23(12-19)44-28(32)33/h2-6,11-15,22,28H,7-10,16-17H2,1H3,(H,39,40)/t22-,29+/m0/s1. The molecule has 1 fully saturated rings. The van der Waals surface area contributed by atoms with Crippen LogP contribution in [0.3, 0.4) is 0 Å². The molecule has 2 heterocycles. The van der Waals surface area contributed by atoms with Gasteiger partial charge in [0.15, 0.2) is 0 Å². The average Bonchev–Trinajstić information content (AvgIpc) is 2.95. The predicted octanol–water partition coefficient (Wildman–Crippen LogP) is 6.54. The summed E-state index contributed by atoms with van der Waals surface area (Å²) in [5, 5.41) is 9.01. The van der Waals surface area contributed by atoms with Crippen LogP contribution < -0.4 is 13.9 Å². The van der Waals surface area contributed by atoms with Crippen molar-refractivity contribution in [3.63, 3.8) is 0 Å². The predicted molar refractivity (Wildman–Crippen MR) is 151 cm³/mol.